The van der Waals surface area contributed by atoms with Gasteiger partial charge in [0.2, 0.25) is 0 Å². The Morgan fingerprint density at radius 2 is 1.60 bits per heavy atom. The summed E-state index contributed by atoms with van der Waals surface area (Å²) in [5, 5.41) is 6.70. The van der Waals surface area contributed by atoms with Crippen molar-refractivity contribution < 1.29 is 4.74 Å². The lowest BCUT2D eigenvalue weighted by atomic mass is 10.1. The van der Waals surface area contributed by atoms with Crippen molar-refractivity contribution in [3.05, 3.63) is 71.3 Å². The van der Waals surface area contributed by atoms with Crippen LogP contribution in [0.15, 0.2) is 59.6 Å². The molecule has 4 nitrogen and oxygen atoms in total. The summed E-state index contributed by atoms with van der Waals surface area (Å²) < 4.78 is 5.88. The van der Waals surface area contributed by atoms with Crippen LogP contribution in [0.4, 0.5) is 0 Å². The first kappa shape index (κ1) is 19.0. The van der Waals surface area contributed by atoms with Gasteiger partial charge in [0.05, 0.1) is 13.2 Å². The first-order valence-electron chi connectivity index (χ1n) is 8.82. The van der Waals surface area contributed by atoms with E-state index in [0.29, 0.717) is 19.1 Å². The van der Waals surface area contributed by atoms with Gasteiger partial charge in [-0.2, -0.15) is 0 Å². The molecule has 25 heavy (non-hydrogen) atoms. The minimum absolute atomic E-state index is 0.581. The van der Waals surface area contributed by atoms with Gasteiger partial charge < -0.3 is 15.4 Å². The number of hydrogen-bond donors (Lipinski definition) is 2. The third-order valence-electron chi connectivity index (χ3n) is 3.84. The monoisotopic (exact) mass is 339 g/mol. The summed E-state index contributed by atoms with van der Waals surface area (Å²) in [6.07, 6.45) is 0. The number of benzene rings is 2. The molecule has 0 atom stereocenters. The standard InChI is InChI=1S/C21H29N3O/c1-17(2)13-23-21(22-3)24-14-19-11-7-8-12-20(19)16-25-15-18-9-5-4-6-10-18/h4-12,17H,13-16H2,1-3H3,(H2,22,23,24). The zero-order valence-corrected chi connectivity index (χ0v) is 15.5. The molecule has 134 valence electrons. The molecule has 0 saturated heterocycles. The Morgan fingerprint density at radius 3 is 2.28 bits per heavy atom. The number of hydrogen-bond acceptors (Lipinski definition) is 2. The van der Waals surface area contributed by atoms with Crippen LogP contribution < -0.4 is 10.6 Å². The highest BCUT2D eigenvalue weighted by Crippen LogP contribution is 2.11. The second kappa shape index (κ2) is 10.5. The van der Waals surface area contributed by atoms with Crippen LogP contribution in [0.5, 0.6) is 0 Å². The highest BCUT2D eigenvalue weighted by atomic mass is 16.5. The summed E-state index contributed by atoms with van der Waals surface area (Å²) in [4.78, 5) is 4.27. The smallest absolute Gasteiger partial charge is 0.191 e. The van der Waals surface area contributed by atoms with Crippen LogP contribution in [-0.2, 0) is 24.5 Å². The quantitative estimate of drug-likeness (QED) is 0.569. The summed E-state index contributed by atoms with van der Waals surface area (Å²) in [6, 6.07) is 18.6. The Kier molecular flexibility index (Phi) is 7.99. The van der Waals surface area contributed by atoms with Crippen molar-refractivity contribution in [1.29, 1.82) is 0 Å². The number of ether oxygens (including phenoxy) is 1. The normalized spacial score (nSPS) is 11.6. The summed E-state index contributed by atoms with van der Waals surface area (Å²) >= 11 is 0. The molecule has 0 amide bonds. The Labute approximate surface area is 151 Å². The van der Waals surface area contributed by atoms with Gasteiger partial charge in [-0.25, -0.2) is 0 Å². The number of guanidine groups is 1. The van der Waals surface area contributed by atoms with E-state index in [1.807, 2.05) is 18.2 Å². The van der Waals surface area contributed by atoms with E-state index >= 15 is 0 Å². The average Bonchev–Trinajstić information content (AvgIpc) is 2.63. The molecule has 0 saturated carbocycles. The SMILES string of the molecule is CN=C(NCc1ccccc1COCc1ccccc1)NCC(C)C. The molecule has 0 aliphatic heterocycles. The van der Waals surface area contributed by atoms with Crippen molar-refractivity contribution in [3.63, 3.8) is 0 Å². The van der Waals surface area contributed by atoms with Crippen LogP contribution in [-0.4, -0.2) is 19.6 Å². The third-order valence-corrected chi connectivity index (χ3v) is 3.84. The van der Waals surface area contributed by atoms with Crippen molar-refractivity contribution >= 4 is 5.96 Å². The molecule has 0 aromatic heterocycles. The topological polar surface area (TPSA) is 45.7 Å². The van der Waals surface area contributed by atoms with Gasteiger partial charge in [-0.1, -0.05) is 68.4 Å². The van der Waals surface area contributed by atoms with E-state index in [1.165, 1.54) is 16.7 Å². The summed E-state index contributed by atoms with van der Waals surface area (Å²) in [6.45, 7) is 7.22. The average molecular weight is 339 g/mol. The van der Waals surface area contributed by atoms with Crippen molar-refractivity contribution in [2.75, 3.05) is 13.6 Å². The molecule has 0 aliphatic carbocycles. The number of rotatable bonds is 8. The van der Waals surface area contributed by atoms with E-state index in [1.54, 1.807) is 7.05 Å². The molecule has 2 aromatic carbocycles. The molecule has 4 heteroatoms. The van der Waals surface area contributed by atoms with Crippen molar-refractivity contribution in [3.8, 4) is 0 Å². The fraction of sp³-hybridized carbons (Fsp3) is 0.381. The minimum atomic E-state index is 0.581. The molecule has 0 radical (unpaired) electrons. The Bertz CT molecular complexity index is 653. The summed E-state index contributed by atoms with van der Waals surface area (Å²) in [5.41, 5.74) is 3.62. The largest absolute Gasteiger partial charge is 0.372 e. The maximum absolute atomic E-state index is 5.88. The van der Waals surface area contributed by atoms with Gasteiger partial charge >= 0.3 is 0 Å². The number of nitrogens with one attached hydrogen (secondary N) is 2. The van der Waals surface area contributed by atoms with E-state index in [-0.39, 0.29) is 0 Å². The highest BCUT2D eigenvalue weighted by Gasteiger charge is 2.04. The van der Waals surface area contributed by atoms with Gasteiger partial charge in [-0.15, -0.1) is 0 Å². The van der Waals surface area contributed by atoms with Crippen LogP contribution >= 0.6 is 0 Å². The van der Waals surface area contributed by atoms with Crippen LogP contribution in [0.3, 0.4) is 0 Å². The highest BCUT2D eigenvalue weighted by molar-refractivity contribution is 5.79. The lowest BCUT2D eigenvalue weighted by molar-refractivity contribution is 0.106. The lowest BCUT2D eigenvalue weighted by Gasteiger charge is -2.15. The molecule has 2 aromatic rings. The van der Waals surface area contributed by atoms with E-state index in [0.717, 1.165) is 19.0 Å². The Balaban J connectivity index is 1.87. The first-order chi connectivity index (χ1) is 12.2. The van der Waals surface area contributed by atoms with Gasteiger partial charge in [0.1, 0.15) is 0 Å². The Morgan fingerprint density at radius 1 is 0.920 bits per heavy atom. The summed E-state index contributed by atoms with van der Waals surface area (Å²) in [7, 11) is 1.80. The van der Waals surface area contributed by atoms with Crippen LogP contribution in [0.2, 0.25) is 0 Å². The lowest BCUT2D eigenvalue weighted by Crippen LogP contribution is -2.38. The van der Waals surface area contributed by atoms with Crippen molar-refractivity contribution in [2.24, 2.45) is 10.9 Å². The molecule has 0 bridgehead atoms. The predicted octanol–water partition coefficient (Wildman–Crippen LogP) is 3.72. The molecule has 2 N–H and O–H groups in total. The maximum atomic E-state index is 5.88. The molecular weight excluding hydrogens is 310 g/mol. The molecule has 0 heterocycles. The zero-order chi connectivity index (χ0) is 17.9. The minimum Gasteiger partial charge on any atom is -0.372 e. The van der Waals surface area contributed by atoms with E-state index < -0.39 is 0 Å². The summed E-state index contributed by atoms with van der Waals surface area (Å²) in [5.74, 6) is 1.41. The van der Waals surface area contributed by atoms with E-state index in [2.05, 4.69) is 65.9 Å². The van der Waals surface area contributed by atoms with Gasteiger partial charge in [-0.05, 0) is 22.6 Å². The van der Waals surface area contributed by atoms with Gasteiger partial charge in [0, 0.05) is 20.1 Å². The number of nitrogens with zero attached hydrogens (tertiary/aromatic N) is 1. The van der Waals surface area contributed by atoms with Crippen LogP contribution in [0, 0.1) is 5.92 Å². The van der Waals surface area contributed by atoms with Crippen molar-refractivity contribution in [2.45, 2.75) is 33.6 Å². The van der Waals surface area contributed by atoms with Gasteiger partial charge in [0.15, 0.2) is 5.96 Å². The maximum Gasteiger partial charge on any atom is 0.191 e. The van der Waals surface area contributed by atoms with Crippen LogP contribution in [0.25, 0.3) is 0 Å². The fourth-order valence-electron chi connectivity index (χ4n) is 2.42. The molecular formula is C21H29N3O. The van der Waals surface area contributed by atoms with Gasteiger partial charge in [-0.3, -0.25) is 4.99 Å². The van der Waals surface area contributed by atoms with Crippen LogP contribution in [0.1, 0.15) is 30.5 Å². The van der Waals surface area contributed by atoms with E-state index in [9.17, 15) is 0 Å². The second-order valence-corrected chi connectivity index (χ2v) is 6.45. The first-order valence-corrected chi connectivity index (χ1v) is 8.82. The zero-order valence-electron chi connectivity index (χ0n) is 15.5. The third kappa shape index (κ3) is 6.98. The Hall–Kier alpha value is -2.33. The molecule has 0 unspecified atom stereocenters. The molecule has 2 rings (SSSR count). The second-order valence-electron chi connectivity index (χ2n) is 6.45. The molecule has 0 fully saturated rings. The molecule has 0 spiro atoms. The van der Waals surface area contributed by atoms with E-state index in [4.69, 9.17) is 4.74 Å². The number of aliphatic imine (C=N–C) groups is 1. The molecule has 0 aliphatic rings. The van der Waals surface area contributed by atoms with Crippen molar-refractivity contribution in [1.82, 2.24) is 10.6 Å². The predicted molar refractivity (Wildman–Crippen MR) is 104 cm³/mol. The fourth-order valence-corrected chi connectivity index (χ4v) is 2.42. The van der Waals surface area contributed by atoms with Gasteiger partial charge in [0.25, 0.3) is 0 Å².